The Morgan fingerprint density at radius 1 is 1.57 bits per heavy atom. The lowest BCUT2D eigenvalue weighted by Crippen LogP contribution is -2.21. The van der Waals surface area contributed by atoms with Crippen LogP contribution in [-0.4, -0.2) is 21.6 Å². The molecule has 0 saturated carbocycles. The largest absolute Gasteiger partial charge is 0.380 e. The van der Waals surface area contributed by atoms with E-state index in [1.165, 1.54) is 16.0 Å². The second kappa shape index (κ2) is 6.28. The molecule has 8 heteroatoms. The summed E-state index contributed by atoms with van der Waals surface area (Å²) in [6.45, 7) is 5.22. The molecular weight excluding hydrogens is 312 g/mol. The molecule has 2 rings (SSSR count). The third kappa shape index (κ3) is 3.25. The fraction of sp³-hybridized carbons (Fsp3) is 0.308. The van der Waals surface area contributed by atoms with Crippen molar-refractivity contribution in [3.05, 3.63) is 38.8 Å². The predicted octanol–water partition coefficient (Wildman–Crippen LogP) is 2.64. The van der Waals surface area contributed by atoms with Crippen molar-refractivity contribution in [1.29, 1.82) is 0 Å². The summed E-state index contributed by atoms with van der Waals surface area (Å²) in [6.07, 6.45) is 0. The number of carbonyl (C=O) groups is 1. The van der Waals surface area contributed by atoms with Crippen LogP contribution in [0.2, 0.25) is 5.02 Å². The van der Waals surface area contributed by atoms with Gasteiger partial charge in [0.1, 0.15) is 6.04 Å². The third-order valence-electron chi connectivity index (χ3n) is 2.95. The summed E-state index contributed by atoms with van der Waals surface area (Å²) in [6, 6.07) is 2.99. The van der Waals surface area contributed by atoms with E-state index in [-0.39, 0.29) is 5.84 Å². The number of hydrogen-bond donors (Lipinski definition) is 1. The van der Waals surface area contributed by atoms with E-state index >= 15 is 0 Å². The molecule has 1 atom stereocenters. The molecule has 0 bridgehead atoms. The van der Waals surface area contributed by atoms with Crippen LogP contribution in [0, 0.1) is 13.8 Å². The van der Waals surface area contributed by atoms with E-state index in [0.717, 1.165) is 4.88 Å². The normalized spacial score (nSPS) is 13.2. The van der Waals surface area contributed by atoms with Crippen molar-refractivity contribution in [2.75, 3.05) is 0 Å². The summed E-state index contributed by atoms with van der Waals surface area (Å²) in [5.74, 6) is -0.395. The number of thiophene rings is 1. The van der Waals surface area contributed by atoms with Crippen molar-refractivity contribution < 1.29 is 9.63 Å². The number of rotatable bonds is 4. The molecule has 0 aliphatic rings. The fourth-order valence-electron chi connectivity index (χ4n) is 1.76. The molecule has 0 aliphatic heterocycles. The second-order valence-electron chi connectivity index (χ2n) is 4.47. The number of nitrogens with two attached hydrogens (primary N) is 1. The first kappa shape index (κ1) is 15.5. The third-order valence-corrected chi connectivity index (χ3v) is 4.39. The lowest BCUT2D eigenvalue weighted by atomic mass is 10.3. The number of hydrogen-bond acceptors (Lipinski definition) is 5. The summed E-state index contributed by atoms with van der Waals surface area (Å²) in [7, 11) is 0. The standard InChI is InChI=1S/C13H15ClN4O2S/c1-7-11(14)8(2)18(16-7)9(3)13(19)20-17-12(15)10-5-4-6-21-10/h4-6,9H,1-3H3,(H2,15,17). The van der Waals surface area contributed by atoms with Gasteiger partial charge in [-0.25, -0.2) is 4.79 Å². The van der Waals surface area contributed by atoms with Crippen molar-refractivity contribution in [3.8, 4) is 0 Å². The number of aromatic nitrogens is 2. The van der Waals surface area contributed by atoms with Crippen molar-refractivity contribution in [2.45, 2.75) is 26.8 Å². The molecule has 1 unspecified atom stereocenters. The van der Waals surface area contributed by atoms with Gasteiger partial charge in [0.25, 0.3) is 0 Å². The Hall–Kier alpha value is -1.86. The van der Waals surface area contributed by atoms with E-state index in [1.807, 2.05) is 11.4 Å². The van der Waals surface area contributed by atoms with Gasteiger partial charge in [-0.15, -0.1) is 11.3 Å². The minimum Gasteiger partial charge on any atom is -0.380 e. The first-order chi connectivity index (χ1) is 9.91. The van der Waals surface area contributed by atoms with Gasteiger partial charge >= 0.3 is 5.97 Å². The Balaban J connectivity index is 2.10. The minimum absolute atomic E-state index is 0.164. The molecule has 21 heavy (non-hydrogen) atoms. The molecule has 112 valence electrons. The molecule has 0 fully saturated rings. The van der Waals surface area contributed by atoms with Gasteiger partial charge in [0, 0.05) is 0 Å². The molecule has 6 nitrogen and oxygen atoms in total. The van der Waals surface area contributed by atoms with E-state index in [4.69, 9.17) is 22.2 Å². The van der Waals surface area contributed by atoms with Gasteiger partial charge in [0.2, 0.25) is 0 Å². The van der Waals surface area contributed by atoms with Gasteiger partial charge in [-0.3, -0.25) is 4.68 Å². The maximum Gasteiger partial charge on any atom is 0.359 e. The zero-order valence-electron chi connectivity index (χ0n) is 11.8. The van der Waals surface area contributed by atoms with Crippen molar-refractivity contribution >= 4 is 34.7 Å². The summed E-state index contributed by atoms with van der Waals surface area (Å²) in [5.41, 5.74) is 7.09. The Labute approximate surface area is 131 Å². The quantitative estimate of drug-likeness (QED) is 0.405. The van der Waals surface area contributed by atoms with Crippen LogP contribution >= 0.6 is 22.9 Å². The average molecular weight is 327 g/mol. The van der Waals surface area contributed by atoms with Crippen molar-refractivity contribution in [3.63, 3.8) is 0 Å². The Kier molecular flexibility index (Phi) is 4.64. The fourth-order valence-corrected chi connectivity index (χ4v) is 2.50. The van der Waals surface area contributed by atoms with Crippen LogP contribution in [0.15, 0.2) is 22.7 Å². The maximum absolute atomic E-state index is 12.0. The molecule has 2 aromatic rings. The summed E-state index contributed by atoms with van der Waals surface area (Å²) in [4.78, 5) is 17.6. The molecule has 0 aromatic carbocycles. The zero-order chi connectivity index (χ0) is 15.6. The summed E-state index contributed by atoms with van der Waals surface area (Å²) >= 11 is 7.47. The molecule has 0 spiro atoms. The van der Waals surface area contributed by atoms with E-state index in [0.29, 0.717) is 16.4 Å². The van der Waals surface area contributed by atoms with Gasteiger partial charge in [-0.05, 0) is 32.2 Å². The molecular formula is C13H15ClN4O2S. The number of oxime groups is 1. The Morgan fingerprint density at radius 2 is 2.29 bits per heavy atom. The molecule has 0 amide bonds. The smallest absolute Gasteiger partial charge is 0.359 e. The van der Waals surface area contributed by atoms with Crippen LogP contribution in [0.5, 0.6) is 0 Å². The van der Waals surface area contributed by atoms with Crippen molar-refractivity contribution in [1.82, 2.24) is 9.78 Å². The van der Waals surface area contributed by atoms with Crippen LogP contribution in [-0.2, 0) is 9.63 Å². The van der Waals surface area contributed by atoms with Gasteiger partial charge in [-0.1, -0.05) is 22.8 Å². The number of amidine groups is 1. The van der Waals surface area contributed by atoms with Crippen LogP contribution in [0.1, 0.15) is 29.2 Å². The van der Waals surface area contributed by atoms with Crippen LogP contribution < -0.4 is 5.73 Å². The maximum atomic E-state index is 12.0. The highest BCUT2D eigenvalue weighted by atomic mass is 35.5. The van der Waals surface area contributed by atoms with E-state index in [2.05, 4.69) is 10.3 Å². The Bertz CT molecular complexity index is 679. The zero-order valence-corrected chi connectivity index (χ0v) is 13.4. The van der Waals surface area contributed by atoms with Gasteiger partial charge in [-0.2, -0.15) is 5.10 Å². The highest BCUT2D eigenvalue weighted by Crippen LogP contribution is 2.22. The van der Waals surface area contributed by atoms with E-state index < -0.39 is 12.0 Å². The van der Waals surface area contributed by atoms with Gasteiger partial charge < -0.3 is 10.6 Å². The van der Waals surface area contributed by atoms with E-state index in [9.17, 15) is 4.79 Å². The molecule has 0 radical (unpaired) electrons. The van der Waals surface area contributed by atoms with Crippen LogP contribution in [0.25, 0.3) is 0 Å². The minimum atomic E-state index is -0.643. The molecule has 2 aromatic heterocycles. The summed E-state index contributed by atoms with van der Waals surface area (Å²) < 4.78 is 1.51. The summed E-state index contributed by atoms with van der Waals surface area (Å²) in [5, 5.41) is 10.3. The molecule has 2 heterocycles. The van der Waals surface area contributed by atoms with Gasteiger partial charge in [0.05, 0.1) is 21.3 Å². The molecule has 0 aliphatic carbocycles. The first-order valence-corrected chi connectivity index (χ1v) is 7.47. The monoisotopic (exact) mass is 326 g/mol. The molecule has 0 saturated heterocycles. The second-order valence-corrected chi connectivity index (χ2v) is 5.80. The lowest BCUT2D eigenvalue weighted by Gasteiger charge is -2.11. The van der Waals surface area contributed by atoms with Crippen LogP contribution in [0.4, 0.5) is 0 Å². The number of halogens is 1. The SMILES string of the molecule is Cc1nn(C(C)C(=O)O/N=C(\N)c2cccs2)c(C)c1Cl. The van der Waals surface area contributed by atoms with Crippen LogP contribution in [0.3, 0.4) is 0 Å². The predicted molar refractivity (Wildman–Crippen MR) is 82.6 cm³/mol. The highest BCUT2D eigenvalue weighted by Gasteiger charge is 2.22. The lowest BCUT2D eigenvalue weighted by molar-refractivity contribution is -0.147. The first-order valence-electron chi connectivity index (χ1n) is 6.21. The van der Waals surface area contributed by atoms with E-state index in [1.54, 1.807) is 26.8 Å². The number of aryl methyl sites for hydroxylation is 1. The average Bonchev–Trinajstić information content (AvgIpc) is 3.08. The topological polar surface area (TPSA) is 82.5 Å². The Morgan fingerprint density at radius 3 is 2.81 bits per heavy atom. The van der Waals surface area contributed by atoms with Crippen molar-refractivity contribution in [2.24, 2.45) is 10.9 Å². The highest BCUT2D eigenvalue weighted by molar-refractivity contribution is 7.12. The van der Waals surface area contributed by atoms with Gasteiger partial charge in [0.15, 0.2) is 5.84 Å². The number of carbonyl (C=O) groups excluding carboxylic acids is 1. The molecule has 2 N–H and O–H groups in total. The number of nitrogens with zero attached hydrogens (tertiary/aromatic N) is 3.